The van der Waals surface area contributed by atoms with Crippen LogP contribution in [0.1, 0.15) is 26.3 Å². The number of benzene rings is 1. The van der Waals surface area contributed by atoms with Gasteiger partial charge in [-0.1, -0.05) is 11.6 Å². The molecule has 1 fully saturated rings. The van der Waals surface area contributed by atoms with Crippen LogP contribution in [0, 0.1) is 0 Å². The summed E-state index contributed by atoms with van der Waals surface area (Å²) in [6.07, 6.45) is 0. The highest BCUT2D eigenvalue weighted by Crippen LogP contribution is 2.25. The van der Waals surface area contributed by atoms with Gasteiger partial charge in [0.15, 0.2) is 5.96 Å². The summed E-state index contributed by atoms with van der Waals surface area (Å²) in [5, 5.41) is 6.96. The average Bonchev–Trinajstić information content (AvgIpc) is 2.66. The van der Waals surface area contributed by atoms with Crippen molar-refractivity contribution in [2.75, 3.05) is 39.4 Å². The second-order valence-electron chi connectivity index (χ2n) is 7.09. The van der Waals surface area contributed by atoms with Gasteiger partial charge in [-0.05, 0) is 39.0 Å². The highest BCUT2D eigenvalue weighted by atomic mass is 35.5. The number of morpholine rings is 1. The van der Waals surface area contributed by atoms with Gasteiger partial charge in [0.1, 0.15) is 5.75 Å². The van der Waals surface area contributed by atoms with Crippen molar-refractivity contribution >= 4 is 17.6 Å². The van der Waals surface area contributed by atoms with Gasteiger partial charge in [-0.15, -0.1) is 0 Å². The van der Waals surface area contributed by atoms with Crippen LogP contribution in [0.15, 0.2) is 23.2 Å². The van der Waals surface area contributed by atoms with Crippen molar-refractivity contribution in [1.29, 1.82) is 0 Å². The Hall–Kier alpha value is -1.64. The Morgan fingerprint density at radius 3 is 2.68 bits per heavy atom. The van der Waals surface area contributed by atoms with Crippen molar-refractivity contribution in [2.24, 2.45) is 4.99 Å². The second-order valence-corrected chi connectivity index (χ2v) is 7.53. The summed E-state index contributed by atoms with van der Waals surface area (Å²) in [6, 6.07) is 4.53. The van der Waals surface area contributed by atoms with E-state index in [2.05, 4.69) is 39.1 Å². The third-order valence-electron chi connectivity index (χ3n) is 4.55. The fourth-order valence-corrected chi connectivity index (χ4v) is 3.16. The molecule has 0 atom stereocenters. The molecule has 0 bridgehead atoms. The van der Waals surface area contributed by atoms with Gasteiger partial charge in [0.05, 0.1) is 19.8 Å². The molecule has 2 rings (SSSR count). The van der Waals surface area contributed by atoms with Gasteiger partial charge < -0.3 is 20.1 Å². The molecule has 9 heteroatoms. The fourth-order valence-electron chi connectivity index (χ4n) is 2.97. The average molecular weight is 419 g/mol. The Labute approximate surface area is 170 Å². The summed E-state index contributed by atoms with van der Waals surface area (Å²) in [7, 11) is 0. The lowest BCUT2D eigenvalue weighted by atomic mass is 10.0. The van der Waals surface area contributed by atoms with E-state index in [0.29, 0.717) is 29.6 Å². The van der Waals surface area contributed by atoms with E-state index in [1.54, 1.807) is 6.07 Å². The van der Waals surface area contributed by atoms with Gasteiger partial charge in [-0.25, -0.2) is 4.99 Å². The normalized spacial score (nSPS) is 16.3. The molecule has 1 aliphatic rings. The Balaban J connectivity index is 2.05. The van der Waals surface area contributed by atoms with Crippen LogP contribution in [-0.2, 0) is 11.3 Å². The molecule has 0 radical (unpaired) electrons. The van der Waals surface area contributed by atoms with E-state index in [1.165, 1.54) is 12.1 Å². The van der Waals surface area contributed by atoms with Crippen molar-refractivity contribution < 1.29 is 18.3 Å². The number of alkyl halides is 2. The van der Waals surface area contributed by atoms with Gasteiger partial charge in [-0.3, -0.25) is 4.90 Å². The standard InChI is InChI=1S/C19H29ClF2N4O2/c1-4-23-18(25-13-19(2,3)26-7-9-27-10-8-26)24-12-14-11-15(20)5-6-16(14)28-17(21)22/h5-6,11,17H,4,7-10,12-13H2,1-3H3,(H2,23,24,25). The highest BCUT2D eigenvalue weighted by Gasteiger charge is 2.28. The summed E-state index contributed by atoms with van der Waals surface area (Å²) in [5.74, 6) is 0.680. The lowest BCUT2D eigenvalue weighted by molar-refractivity contribution is -0.0504. The third-order valence-corrected chi connectivity index (χ3v) is 4.78. The summed E-state index contributed by atoms with van der Waals surface area (Å²) < 4.78 is 35.2. The molecule has 1 heterocycles. The molecule has 0 spiro atoms. The van der Waals surface area contributed by atoms with Crippen molar-refractivity contribution in [3.05, 3.63) is 28.8 Å². The molecular weight excluding hydrogens is 390 g/mol. The zero-order chi connectivity index (χ0) is 20.6. The topological polar surface area (TPSA) is 58.1 Å². The molecule has 0 amide bonds. The molecule has 2 N–H and O–H groups in total. The van der Waals surface area contributed by atoms with Crippen molar-refractivity contribution in [1.82, 2.24) is 15.5 Å². The predicted molar refractivity (Wildman–Crippen MR) is 107 cm³/mol. The maximum Gasteiger partial charge on any atom is 0.387 e. The Morgan fingerprint density at radius 2 is 2.04 bits per heavy atom. The van der Waals surface area contributed by atoms with Gasteiger partial charge in [0, 0.05) is 42.3 Å². The number of guanidine groups is 1. The smallest absolute Gasteiger partial charge is 0.387 e. The van der Waals surface area contributed by atoms with E-state index in [1.807, 2.05) is 6.92 Å². The maximum atomic E-state index is 12.6. The number of ether oxygens (including phenoxy) is 2. The molecule has 1 aromatic carbocycles. The van der Waals surface area contributed by atoms with E-state index >= 15 is 0 Å². The molecule has 0 saturated carbocycles. The largest absolute Gasteiger partial charge is 0.434 e. The molecule has 0 aromatic heterocycles. The molecule has 0 unspecified atom stereocenters. The fraction of sp³-hybridized carbons (Fsp3) is 0.632. The van der Waals surface area contributed by atoms with E-state index < -0.39 is 6.61 Å². The zero-order valence-electron chi connectivity index (χ0n) is 16.6. The zero-order valence-corrected chi connectivity index (χ0v) is 17.4. The first-order chi connectivity index (χ1) is 13.3. The third kappa shape index (κ3) is 7.07. The summed E-state index contributed by atoms with van der Waals surface area (Å²) in [4.78, 5) is 6.88. The van der Waals surface area contributed by atoms with Crippen LogP contribution in [0.5, 0.6) is 5.75 Å². The number of hydrogen-bond acceptors (Lipinski definition) is 4. The van der Waals surface area contributed by atoms with Crippen LogP contribution >= 0.6 is 11.6 Å². The first-order valence-electron chi connectivity index (χ1n) is 9.40. The second kappa shape index (κ2) is 10.8. The molecule has 0 aliphatic carbocycles. The summed E-state index contributed by atoms with van der Waals surface area (Å²) in [5.41, 5.74) is 0.414. The van der Waals surface area contributed by atoms with E-state index in [-0.39, 0.29) is 17.8 Å². The molecule has 28 heavy (non-hydrogen) atoms. The summed E-state index contributed by atoms with van der Waals surface area (Å²) >= 11 is 6.00. The first kappa shape index (κ1) is 22.6. The number of nitrogens with one attached hydrogen (secondary N) is 2. The molecule has 1 aromatic rings. The number of halogens is 3. The SMILES string of the molecule is CCNC(=NCc1cc(Cl)ccc1OC(F)F)NCC(C)(C)N1CCOCC1. The van der Waals surface area contributed by atoms with Crippen LogP contribution in [-0.4, -0.2) is 62.4 Å². The van der Waals surface area contributed by atoms with E-state index in [4.69, 9.17) is 16.3 Å². The van der Waals surface area contributed by atoms with Gasteiger partial charge in [-0.2, -0.15) is 8.78 Å². The van der Waals surface area contributed by atoms with Gasteiger partial charge in [0.25, 0.3) is 0 Å². The molecule has 1 aliphatic heterocycles. The Kier molecular flexibility index (Phi) is 8.72. The number of hydrogen-bond donors (Lipinski definition) is 2. The maximum absolute atomic E-state index is 12.6. The number of aliphatic imine (C=N–C) groups is 1. The van der Waals surface area contributed by atoms with E-state index in [0.717, 1.165) is 26.3 Å². The van der Waals surface area contributed by atoms with Crippen molar-refractivity contribution in [3.63, 3.8) is 0 Å². The van der Waals surface area contributed by atoms with Crippen molar-refractivity contribution in [2.45, 2.75) is 39.5 Å². The lowest BCUT2D eigenvalue weighted by Crippen LogP contribution is -2.56. The van der Waals surface area contributed by atoms with Crippen LogP contribution in [0.25, 0.3) is 0 Å². The van der Waals surface area contributed by atoms with Crippen LogP contribution in [0.3, 0.4) is 0 Å². The highest BCUT2D eigenvalue weighted by molar-refractivity contribution is 6.30. The van der Waals surface area contributed by atoms with Gasteiger partial charge in [0.2, 0.25) is 0 Å². The van der Waals surface area contributed by atoms with Crippen LogP contribution in [0.4, 0.5) is 8.78 Å². The predicted octanol–water partition coefficient (Wildman–Crippen LogP) is 3.11. The minimum Gasteiger partial charge on any atom is -0.434 e. The first-order valence-corrected chi connectivity index (χ1v) is 9.78. The molecule has 1 saturated heterocycles. The number of nitrogens with zero attached hydrogens (tertiary/aromatic N) is 2. The Bertz CT molecular complexity index is 653. The van der Waals surface area contributed by atoms with E-state index in [9.17, 15) is 8.78 Å². The molecular formula is C19H29ClF2N4O2. The molecule has 6 nitrogen and oxygen atoms in total. The minimum absolute atomic E-state index is 0.0765. The quantitative estimate of drug-likeness (QED) is 0.502. The van der Waals surface area contributed by atoms with Crippen LogP contribution < -0.4 is 15.4 Å². The van der Waals surface area contributed by atoms with Gasteiger partial charge >= 0.3 is 6.61 Å². The monoisotopic (exact) mass is 418 g/mol. The summed E-state index contributed by atoms with van der Waals surface area (Å²) in [6.45, 7) is 8.17. The molecule has 158 valence electrons. The van der Waals surface area contributed by atoms with Crippen molar-refractivity contribution in [3.8, 4) is 5.75 Å². The van der Waals surface area contributed by atoms with Crippen LogP contribution in [0.2, 0.25) is 5.02 Å². The Morgan fingerprint density at radius 1 is 1.32 bits per heavy atom. The minimum atomic E-state index is -2.90. The lowest BCUT2D eigenvalue weighted by Gasteiger charge is -2.41. The number of rotatable bonds is 8.